The molecule has 9 aromatic rings. The van der Waals surface area contributed by atoms with Crippen LogP contribution in [0.15, 0.2) is 218 Å². The van der Waals surface area contributed by atoms with Crippen LogP contribution in [-0.2, 0) is 0 Å². The van der Waals surface area contributed by atoms with Gasteiger partial charge in [0.05, 0.1) is 11.4 Å². The number of nitrogens with zero attached hydrogens (tertiary/aromatic N) is 3. The van der Waals surface area contributed by atoms with Gasteiger partial charge in [0.25, 0.3) is 0 Å². The second-order valence-corrected chi connectivity index (χ2v) is 14.9. The number of nitrogens with one attached hydrogen (secondary N) is 2. The van der Waals surface area contributed by atoms with Crippen molar-refractivity contribution in [3.8, 4) is 56.4 Å². The van der Waals surface area contributed by atoms with Gasteiger partial charge in [-0.25, -0.2) is 15.0 Å². The van der Waals surface area contributed by atoms with Crippen LogP contribution in [0.1, 0.15) is 27.8 Å². The van der Waals surface area contributed by atoms with Crippen molar-refractivity contribution >= 4 is 28.8 Å². The zero-order chi connectivity index (χ0) is 41.0. The number of hydrogen-bond donors (Lipinski definition) is 2. The summed E-state index contributed by atoms with van der Waals surface area (Å²) in [6, 6.07) is 74.3. The first-order valence-electron chi connectivity index (χ1n) is 20.4. The molecular formula is C56H39N5. The van der Waals surface area contributed by atoms with E-state index in [1.165, 1.54) is 0 Å². The van der Waals surface area contributed by atoms with Crippen molar-refractivity contribution in [2.75, 3.05) is 0 Å². The number of benzene rings is 8. The van der Waals surface area contributed by atoms with E-state index in [1.807, 2.05) is 91.0 Å². The van der Waals surface area contributed by atoms with Gasteiger partial charge in [-0.2, -0.15) is 0 Å². The van der Waals surface area contributed by atoms with Crippen LogP contribution in [0.5, 0.6) is 0 Å². The molecule has 2 heterocycles. The first kappa shape index (κ1) is 37.0. The van der Waals surface area contributed by atoms with E-state index in [4.69, 9.17) is 15.0 Å². The number of fused-ring (bicyclic) bond motifs is 1. The lowest BCUT2D eigenvalue weighted by molar-refractivity contribution is 1.07. The van der Waals surface area contributed by atoms with E-state index in [0.717, 1.165) is 83.7 Å². The summed E-state index contributed by atoms with van der Waals surface area (Å²) in [6.07, 6.45) is 2.24. The minimum atomic E-state index is 0.447. The largest absolute Gasteiger partial charge is 0.354 e. The summed E-state index contributed by atoms with van der Waals surface area (Å²) in [5, 5.41) is 13.5. The molecule has 0 radical (unpaired) electrons. The van der Waals surface area contributed by atoms with Gasteiger partial charge in [0, 0.05) is 39.1 Å². The minimum Gasteiger partial charge on any atom is -0.354 e. The highest BCUT2D eigenvalue weighted by Crippen LogP contribution is 2.41. The predicted octanol–water partition coefficient (Wildman–Crippen LogP) is 13.2. The zero-order valence-electron chi connectivity index (χ0n) is 33.2. The average molecular weight is 782 g/mol. The van der Waals surface area contributed by atoms with Crippen LogP contribution in [0, 0.1) is 5.41 Å². The maximum atomic E-state index is 9.65. The quantitative estimate of drug-likeness (QED) is 0.143. The summed E-state index contributed by atoms with van der Waals surface area (Å²) in [5.41, 5.74) is 15.2. The molecule has 5 heteroatoms. The molecule has 10 rings (SSSR count). The molecule has 0 bridgehead atoms. The highest BCUT2D eigenvalue weighted by molar-refractivity contribution is 6.36. The van der Waals surface area contributed by atoms with Crippen molar-refractivity contribution in [2.24, 2.45) is 0 Å². The maximum absolute atomic E-state index is 9.65. The van der Waals surface area contributed by atoms with Gasteiger partial charge in [-0.15, -0.1) is 0 Å². The summed E-state index contributed by atoms with van der Waals surface area (Å²) in [4.78, 5) is 15.1. The summed E-state index contributed by atoms with van der Waals surface area (Å²) in [6.45, 7) is 0. The molecular weight excluding hydrogens is 743 g/mol. The van der Waals surface area contributed by atoms with Crippen LogP contribution >= 0.6 is 0 Å². The highest BCUT2D eigenvalue weighted by Gasteiger charge is 2.25. The number of allylic oxidation sites excluding steroid dienone is 1. The summed E-state index contributed by atoms with van der Waals surface area (Å²) >= 11 is 0. The minimum absolute atomic E-state index is 0.447. The van der Waals surface area contributed by atoms with E-state index in [0.29, 0.717) is 23.2 Å². The molecule has 0 amide bonds. The third-order valence-electron chi connectivity index (χ3n) is 11.0. The Morgan fingerprint density at radius 3 is 1.43 bits per heavy atom. The molecule has 0 spiro atoms. The Bertz CT molecular complexity index is 3070. The van der Waals surface area contributed by atoms with Gasteiger partial charge in [0.15, 0.2) is 17.5 Å². The normalized spacial score (nSPS) is 12.8. The van der Waals surface area contributed by atoms with Gasteiger partial charge in [0.2, 0.25) is 0 Å². The first-order valence-corrected chi connectivity index (χ1v) is 20.4. The van der Waals surface area contributed by atoms with Crippen LogP contribution in [0.25, 0.3) is 79.5 Å². The molecule has 2 N–H and O–H groups in total. The monoisotopic (exact) mass is 781 g/mol. The smallest absolute Gasteiger partial charge is 0.164 e. The molecule has 0 aliphatic carbocycles. The maximum Gasteiger partial charge on any atom is 0.164 e. The van der Waals surface area contributed by atoms with Crippen LogP contribution in [0.2, 0.25) is 0 Å². The number of rotatable bonds is 9. The van der Waals surface area contributed by atoms with Gasteiger partial charge in [-0.3, -0.25) is 5.41 Å². The standard InChI is InChI=1S/C56H39N5/c57-52(42-24-12-4-13-25-42)51(41-22-10-3-11-23-41)53-48-31-17-30-47(49(48)37-50(58-53)40-20-8-2-9-21-40)39-32-34-44(35-33-39)55-59-54(43-26-14-5-15-27-43)60-56(61-55)46-29-16-28-45(36-46)38-18-6-1-7-19-38/h1-37,57-58H/b53-51-,57-52?. The lowest BCUT2D eigenvalue weighted by Crippen LogP contribution is -2.20. The number of hydrogen-bond acceptors (Lipinski definition) is 5. The van der Waals surface area contributed by atoms with E-state index in [2.05, 4.69) is 139 Å². The lowest BCUT2D eigenvalue weighted by atomic mass is 9.85. The van der Waals surface area contributed by atoms with E-state index in [1.54, 1.807) is 0 Å². The molecule has 0 fully saturated rings. The molecule has 1 aromatic heterocycles. The Morgan fingerprint density at radius 1 is 0.361 bits per heavy atom. The topological polar surface area (TPSA) is 74.6 Å². The van der Waals surface area contributed by atoms with E-state index in [9.17, 15) is 5.41 Å². The van der Waals surface area contributed by atoms with Gasteiger partial charge >= 0.3 is 0 Å². The summed E-state index contributed by atoms with van der Waals surface area (Å²) in [5.74, 6) is 1.83. The molecule has 0 saturated carbocycles. The van der Waals surface area contributed by atoms with Crippen molar-refractivity contribution in [1.29, 1.82) is 5.41 Å². The third kappa shape index (κ3) is 7.60. The van der Waals surface area contributed by atoms with Crippen molar-refractivity contribution in [1.82, 2.24) is 20.3 Å². The molecule has 1 aliphatic rings. The Labute approximate surface area is 355 Å². The molecule has 0 saturated heterocycles. The van der Waals surface area contributed by atoms with Gasteiger partial charge in [-0.05, 0) is 51.1 Å². The Morgan fingerprint density at radius 2 is 0.803 bits per heavy atom. The van der Waals surface area contributed by atoms with E-state index < -0.39 is 0 Å². The molecule has 1 aliphatic heterocycles. The fraction of sp³-hybridized carbons (Fsp3) is 0. The Kier molecular flexibility index (Phi) is 10.0. The first-order chi connectivity index (χ1) is 30.2. The molecule has 0 unspecified atom stereocenters. The lowest BCUT2D eigenvalue weighted by Gasteiger charge is -2.27. The summed E-state index contributed by atoms with van der Waals surface area (Å²) < 4.78 is 0. The van der Waals surface area contributed by atoms with E-state index in [-0.39, 0.29) is 0 Å². The van der Waals surface area contributed by atoms with Crippen LogP contribution in [0.4, 0.5) is 0 Å². The van der Waals surface area contributed by atoms with Crippen LogP contribution < -0.4 is 5.32 Å². The third-order valence-corrected chi connectivity index (χ3v) is 11.0. The Balaban J connectivity index is 1.10. The van der Waals surface area contributed by atoms with Crippen molar-refractivity contribution in [2.45, 2.75) is 0 Å². The molecule has 288 valence electrons. The summed E-state index contributed by atoms with van der Waals surface area (Å²) in [7, 11) is 0. The second kappa shape index (κ2) is 16.5. The van der Waals surface area contributed by atoms with Crippen LogP contribution in [0.3, 0.4) is 0 Å². The van der Waals surface area contributed by atoms with Crippen molar-refractivity contribution in [3.05, 3.63) is 246 Å². The van der Waals surface area contributed by atoms with Crippen molar-refractivity contribution < 1.29 is 0 Å². The second-order valence-electron chi connectivity index (χ2n) is 14.9. The molecule has 0 atom stereocenters. The fourth-order valence-corrected chi connectivity index (χ4v) is 7.93. The van der Waals surface area contributed by atoms with Crippen LogP contribution in [-0.4, -0.2) is 20.7 Å². The van der Waals surface area contributed by atoms with Gasteiger partial charge in [-0.1, -0.05) is 212 Å². The van der Waals surface area contributed by atoms with Gasteiger partial charge < -0.3 is 5.32 Å². The molecule has 61 heavy (non-hydrogen) atoms. The zero-order valence-corrected chi connectivity index (χ0v) is 33.2. The highest BCUT2D eigenvalue weighted by atomic mass is 15.0. The fourth-order valence-electron chi connectivity index (χ4n) is 7.93. The number of aromatic nitrogens is 3. The molecule has 5 nitrogen and oxygen atoms in total. The van der Waals surface area contributed by atoms with E-state index >= 15 is 0 Å². The molecule has 8 aromatic carbocycles. The predicted molar refractivity (Wildman–Crippen MR) is 251 cm³/mol. The Hall–Kier alpha value is -8.28. The van der Waals surface area contributed by atoms with Gasteiger partial charge in [0.1, 0.15) is 0 Å². The van der Waals surface area contributed by atoms with Crippen molar-refractivity contribution in [3.63, 3.8) is 0 Å². The average Bonchev–Trinajstić information content (AvgIpc) is 3.35. The SMILES string of the molecule is N=C(/C(=C1\NC(c2ccccc2)=Cc2c1cccc2-c1ccc(-c2nc(-c3ccccc3)nc(-c3cccc(-c4ccccc4)c3)n2)cc1)c1ccccc1)c1ccccc1.